The smallest absolute Gasteiger partial charge is 0.242 e. The molecule has 4 heterocycles. The van der Waals surface area contributed by atoms with Crippen LogP contribution in [0.1, 0.15) is 69.7 Å². The van der Waals surface area contributed by atoms with Gasteiger partial charge in [0.1, 0.15) is 12.6 Å². The van der Waals surface area contributed by atoms with Crippen LogP contribution in [0.25, 0.3) is 0 Å². The normalized spacial score (nSPS) is 20.7. The van der Waals surface area contributed by atoms with Gasteiger partial charge in [-0.15, -0.1) is 10.2 Å². The van der Waals surface area contributed by atoms with Gasteiger partial charge < -0.3 is 18.8 Å². The van der Waals surface area contributed by atoms with E-state index >= 15 is 0 Å². The zero-order chi connectivity index (χ0) is 21.1. The van der Waals surface area contributed by atoms with Crippen LogP contribution in [0.15, 0.2) is 23.1 Å². The Kier molecular flexibility index (Phi) is 6.15. The van der Waals surface area contributed by atoms with E-state index in [1.807, 2.05) is 23.6 Å². The molecule has 2 aliphatic heterocycles. The number of likely N-dealkylation sites (tertiary alicyclic amines) is 2. The topological polar surface area (TPSA) is 97.4 Å². The number of nitrogens with zero attached hydrogens (tertiary/aromatic N) is 6. The van der Waals surface area contributed by atoms with Crippen LogP contribution in [0.5, 0.6) is 0 Å². The van der Waals surface area contributed by atoms with Crippen LogP contribution in [-0.4, -0.2) is 61.0 Å². The molecular weight excluding hydrogens is 384 g/mol. The fraction of sp³-hybridized carbons (Fsp3) is 0.667. The third-order valence-corrected chi connectivity index (χ3v) is 6.10. The molecule has 0 bridgehead atoms. The summed E-state index contributed by atoms with van der Waals surface area (Å²) in [5.41, 5.74) is 0. The lowest BCUT2D eigenvalue weighted by atomic mass is 9.96. The van der Waals surface area contributed by atoms with Crippen molar-refractivity contribution in [2.24, 2.45) is 5.92 Å². The first-order chi connectivity index (χ1) is 14.5. The molecule has 2 amide bonds. The van der Waals surface area contributed by atoms with E-state index in [0.29, 0.717) is 31.4 Å². The van der Waals surface area contributed by atoms with Gasteiger partial charge in [0.05, 0.1) is 6.33 Å². The van der Waals surface area contributed by atoms with E-state index < -0.39 is 0 Å². The summed E-state index contributed by atoms with van der Waals surface area (Å²) in [6.07, 6.45) is 9.67. The Morgan fingerprint density at radius 2 is 1.87 bits per heavy atom. The molecule has 0 unspecified atom stereocenters. The van der Waals surface area contributed by atoms with E-state index in [4.69, 9.17) is 4.42 Å². The molecule has 2 aliphatic rings. The van der Waals surface area contributed by atoms with Gasteiger partial charge in [-0.2, -0.15) is 0 Å². The number of rotatable bonds is 5. The molecule has 1 atom stereocenters. The third-order valence-electron chi connectivity index (χ3n) is 6.10. The largest absolute Gasteiger partial charge is 0.423 e. The Hall–Kier alpha value is -2.71. The molecule has 30 heavy (non-hydrogen) atoms. The van der Waals surface area contributed by atoms with E-state index in [1.165, 1.54) is 0 Å². The summed E-state index contributed by atoms with van der Waals surface area (Å²) < 4.78 is 7.86. The highest BCUT2D eigenvalue weighted by molar-refractivity contribution is 5.78. The van der Waals surface area contributed by atoms with Crippen molar-refractivity contribution < 1.29 is 14.0 Å². The lowest BCUT2D eigenvalue weighted by molar-refractivity contribution is -0.139. The SMILES string of the molecule is CC(C)C(=O)N1CCCC[C@@H]1c1nnc(C2CCN(C(=O)Cn3ccnc3)CC2)o1. The Balaban J connectivity index is 1.36. The Labute approximate surface area is 176 Å². The first-order valence-electron chi connectivity index (χ1n) is 10.9. The average Bonchev–Trinajstić information content (AvgIpc) is 3.45. The van der Waals surface area contributed by atoms with Crippen LogP contribution < -0.4 is 0 Å². The molecule has 2 aromatic heterocycles. The van der Waals surface area contributed by atoms with E-state index in [-0.39, 0.29) is 29.7 Å². The second-order valence-electron chi connectivity index (χ2n) is 8.57. The number of hydrogen-bond acceptors (Lipinski definition) is 6. The molecule has 2 aromatic rings. The van der Waals surface area contributed by atoms with Gasteiger partial charge in [-0.1, -0.05) is 13.8 Å². The molecule has 0 radical (unpaired) electrons. The van der Waals surface area contributed by atoms with Gasteiger partial charge in [0.15, 0.2) is 0 Å². The molecule has 9 nitrogen and oxygen atoms in total. The standard InChI is InChI=1S/C21H30N6O3/c1-15(2)21(29)27-9-4-3-5-17(27)20-24-23-19(30-20)16-6-10-26(11-7-16)18(28)13-25-12-8-22-14-25/h8,12,14-17H,3-7,9-11,13H2,1-2H3/t17-/m1/s1. The van der Waals surface area contributed by atoms with Crippen molar-refractivity contribution in [3.63, 3.8) is 0 Å². The first-order valence-corrected chi connectivity index (χ1v) is 10.9. The molecule has 162 valence electrons. The quantitative estimate of drug-likeness (QED) is 0.745. The maximum Gasteiger partial charge on any atom is 0.242 e. The second kappa shape index (κ2) is 8.97. The minimum atomic E-state index is -0.119. The maximum atomic E-state index is 12.6. The minimum absolute atomic E-state index is 0.0443. The van der Waals surface area contributed by atoms with Gasteiger partial charge in [0.25, 0.3) is 0 Å². The van der Waals surface area contributed by atoms with Crippen molar-refractivity contribution in [1.29, 1.82) is 0 Å². The zero-order valence-electron chi connectivity index (χ0n) is 17.7. The number of aromatic nitrogens is 4. The van der Waals surface area contributed by atoms with E-state index in [0.717, 1.165) is 38.6 Å². The van der Waals surface area contributed by atoms with Crippen LogP contribution in [0.3, 0.4) is 0 Å². The maximum absolute atomic E-state index is 12.6. The number of amides is 2. The summed E-state index contributed by atoms with van der Waals surface area (Å²) >= 11 is 0. The number of piperidine rings is 2. The minimum Gasteiger partial charge on any atom is -0.423 e. The molecule has 2 saturated heterocycles. The number of imidazole rings is 1. The highest BCUT2D eigenvalue weighted by Crippen LogP contribution is 2.34. The van der Waals surface area contributed by atoms with Crippen molar-refractivity contribution in [2.45, 2.75) is 64.5 Å². The zero-order valence-corrected chi connectivity index (χ0v) is 17.7. The van der Waals surface area contributed by atoms with Gasteiger partial charge in [-0.25, -0.2) is 4.98 Å². The van der Waals surface area contributed by atoms with Crippen molar-refractivity contribution in [3.05, 3.63) is 30.5 Å². The van der Waals surface area contributed by atoms with Crippen molar-refractivity contribution in [2.75, 3.05) is 19.6 Å². The van der Waals surface area contributed by atoms with E-state index in [2.05, 4.69) is 15.2 Å². The van der Waals surface area contributed by atoms with Gasteiger partial charge in [0, 0.05) is 43.9 Å². The summed E-state index contributed by atoms with van der Waals surface area (Å²) in [6.45, 7) is 6.27. The molecule has 4 rings (SSSR count). The van der Waals surface area contributed by atoms with E-state index in [1.54, 1.807) is 23.3 Å². The molecule has 0 spiro atoms. The van der Waals surface area contributed by atoms with Gasteiger partial charge >= 0.3 is 0 Å². The van der Waals surface area contributed by atoms with Gasteiger partial charge in [-0.05, 0) is 32.1 Å². The van der Waals surface area contributed by atoms with Crippen molar-refractivity contribution in [1.82, 2.24) is 29.5 Å². The number of carbonyl (C=O) groups excluding carboxylic acids is 2. The summed E-state index contributed by atoms with van der Waals surface area (Å²) in [5.74, 6) is 1.54. The van der Waals surface area contributed by atoms with Gasteiger partial charge in [0.2, 0.25) is 23.6 Å². The Morgan fingerprint density at radius 1 is 1.10 bits per heavy atom. The molecule has 2 fully saturated rings. The van der Waals surface area contributed by atoms with Crippen LogP contribution in [0, 0.1) is 5.92 Å². The Morgan fingerprint density at radius 3 is 2.57 bits per heavy atom. The Bertz CT molecular complexity index is 854. The van der Waals surface area contributed by atoms with Crippen LogP contribution in [-0.2, 0) is 16.1 Å². The van der Waals surface area contributed by atoms with Crippen molar-refractivity contribution in [3.8, 4) is 0 Å². The highest BCUT2D eigenvalue weighted by atomic mass is 16.4. The molecule has 9 heteroatoms. The van der Waals surface area contributed by atoms with Gasteiger partial charge in [-0.3, -0.25) is 9.59 Å². The summed E-state index contributed by atoms with van der Waals surface area (Å²) in [5, 5.41) is 8.62. The van der Waals surface area contributed by atoms with Crippen LogP contribution >= 0.6 is 0 Å². The molecule has 0 aliphatic carbocycles. The van der Waals surface area contributed by atoms with Crippen LogP contribution in [0.4, 0.5) is 0 Å². The molecule has 0 N–H and O–H groups in total. The lowest BCUT2D eigenvalue weighted by Crippen LogP contribution is -2.40. The fourth-order valence-electron chi connectivity index (χ4n) is 4.34. The summed E-state index contributed by atoms with van der Waals surface area (Å²) in [7, 11) is 0. The van der Waals surface area contributed by atoms with Crippen molar-refractivity contribution >= 4 is 11.8 Å². The predicted octanol–water partition coefficient (Wildman–Crippen LogP) is 2.38. The lowest BCUT2D eigenvalue weighted by Gasteiger charge is -2.34. The number of carbonyl (C=O) groups is 2. The first kappa shape index (κ1) is 20.6. The molecular formula is C21H30N6O3. The predicted molar refractivity (Wildman–Crippen MR) is 108 cm³/mol. The van der Waals surface area contributed by atoms with E-state index in [9.17, 15) is 9.59 Å². The summed E-state index contributed by atoms with van der Waals surface area (Å²) in [6, 6.07) is -0.119. The average molecular weight is 415 g/mol. The third kappa shape index (κ3) is 4.39. The fourth-order valence-corrected chi connectivity index (χ4v) is 4.34. The second-order valence-corrected chi connectivity index (χ2v) is 8.57. The van der Waals surface area contributed by atoms with Crippen LogP contribution in [0.2, 0.25) is 0 Å². The molecule has 0 saturated carbocycles. The summed E-state index contributed by atoms with van der Waals surface area (Å²) in [4.78, 5) is 32.8. The molecule has 0 aromatic carbocycles. The number of hydrogen-bond donors (Lipinski definition) is 0. The highest BCUT2D eigenvalue weighted by Gasteiger charge is 2.34. The monoisotopic (exact) mass is 414 g/mol.